The summed E-state index contributed by atoms with van der Waals surface area (Å²) in [5, 5.41) is 4.31. The molecule has 0 atom stereocenters. The lowest BCUT2D eigenvalue weighted by atomic mass is 10.1. The number of benzene rings is 1. The molecule has 1 aliphatic heterocycles. The highest BCUT2D eigenvalue weighted by molar-refractivity contribution is 9.10. The highest BCUT2D eigenvalue weighted by atomic mass is 79.9. The van der Waals surface area contributed by atoms with Crippen LogP contribution in [-0.4, -0.2) is 53.0 Å². The summed E-state index contributed by atoms with van der Waals surface area (Å²) in [5.41, 5.74) is 2.20. The molecule has 2 aromatic rings. The van der Waals surface area contributed by atoms with E-state index in [9.17, 15) is 4.79 Å². The highest BCUT2D eigenvalue weighted by Crippen LogP contribution is 2.35. The Bertz CT molecular complexity index is 807. The molecule has 158 valence electrons. The summed E-state index contributed by atoms with van der Waals surface area (Å²) in [5.74, 6) is 0.404. The normalized spacial score (nSPS) is 15.3. The number of halogens is 1. The number of likely N-dealkylation sites (tertiary alicyclic amines) is 1. The van der Waals surface area contributed by atoms with E-state index in [0.717, 1.165) is 41.1 Å². The molecule has 7 heteroatoms. The zero-order valence-corrected chi connectivity index (χ0v) is 19.1. The predicted octanol–water partition coefficient (Wildman–Crippen LogP) is 4.67. The Kier molecular flexibility index (Phi) is 7.72. The number of rotatable bonds is 7. The van der Waals surface area contributed by atoms with Crippen LogP contribution in [0.4, 0.5) is 0 Å². The molecule has 3 rings (SSSR count). The van der Waals surface area contributed by atoms with Crippen LogP contribution < -0.4 is 4.74 Å². The van der Waals surface area contributed by atoms with Gasteiger partial charge in [-0.05, 0) is 73.9 Å². The fourth-order valence-electron chi connectivity index (χ4n) is 3.61. The summed E-state index contributed by atoms with van der Waals surface area (Å²) in [4.78, 5) is 14.9. The first kappa shape index (κ1) is 21.8. The molecule has 0 radical (unpaired) electrons. The smallest absolute Gasteiger partial charge is 0.338 e. The van der Waals surface area contributed by atoms with Crippen molar-refractivity contribution in [2.75, 3.05) is 26.2 Å². The van der Waals surface area contributed by atoms with Gasteiger partial charge in [-0.25, -0.2) is 4.79 Å². The molecular formula is C22H30BrN3O3. The van der Waals surface area contributed by atoms with Crippen LogP contribution >= 0.6 is 15.9 Å². The molecule has 1 aliphatic rings. The molecule has 0 saturated carbocycles. The molecule has 6 nitrogen and oxygen atoms in total. The molecule has 1 fully saturated rings. The quantitative estimate of drug-likeness (QED) is 0.558. The number of aryl methyl sites for hydroxylation is 1. The fraction of sp³-hybridized carbons (Fsp3) is 0.545. The third-order valence-electron chi connectivity index (χ3n) is 5.07. The molecule has 0 N–H and O–H groups in total. The highest BCUT2D eigenvalue weighted by Gasteiger charge is 2.19. The molecule has 2 heterocycles. The zero-order valence-electron chi connectivity index (χ0n) is 17.5. The standard InChI is InChI=1S/C22H30BrN3O3/c1-16(2)29-22(27)17-8-9-20(18(14-17)21-19(23)15-24-25(21)3)28-13-12-26-10-6-4-5-7-11-26/h8-9,14-16H,4-7,10-13H2,1-3H3. The Balaban J connectivity index is 1.80. The van der Waals surface area contributed by atoms with Crippen LogP contribution in [0.15, 0.2) is 28.9 Å². The van der Waals surface area contributed by atoms with E-state index in [0.29, 0.717) is 12.2 Å². The minimum atomic E-state index is -0.337. The molecule has 1 aromatic heterocycles. The monoisotopic (exact) mass is 463 g/mol. The summed E-state index contributed by atoms with van der Waals surface area (Å²) in [6.07, 6.45) is 6.75. The van der Waals surface area contributed by atoms with Crippen molar-refractivity contribution >= 4 is 21.9 Å². The van der Waals surface area contributed by atoms with Crippen molar-refractivity contribution in [1.29, 1.82) is 0 Å². The van der Waals surface area contributed by atoms with E-state index in [1.54, 1.807) is 16.9 Å². The number of hydrogen-bond donors (Lipinski definition) is 0. The number of ether oxygens (including phenoxy) is 2. The summed E-state index contributed by atoms with van der Waals surface area (Å²) in [6, 6.07) is 5.45. The third kappa shape index (κ3) is 5.82. The molecule has 0 spiro atoms. The second-order valence-electron chi connectivity index (χ2n) is 7.73. The molecule has 0 bridgehead atoms. The van der Waals surface area contributed by atoms with E-state index in [1.807, 2.05) is 33.0 Å². The van der Waals surface area contributed by atoms with Crippen molar-refractivity contribution in [2.45, 2.75) is 45.6 Å². The van der Waals surface area contributed by atoms with Crippen molar-refractivity contribution in [3.8, 4) is 17.0 Å². The Morgan fingerprint density at radius 3 is 2.55 bits per heavy atom. The SMILES string of the molecule is CC(C)OC(=O)c1ccc(OCCN2CCCCCC2)c(-c2c(Br)cnn2C)c1. The van der Waals surface area contributed by atoms with Crippen molar-refractivity contribution in [2.24, 2.45) is 7.05 Å². The van der Waals surface area contributed by atoms with Gasteiger partial charge in [-0.1, -0.05) is 12.8 Å². The zero-order chi connectivity index (χ0) is 20.8. The summed E-state index contributed by atoms with van der Waals surface area (Å²) >= 11 is 3.57. The molecule has 29 heavy (non-hydrogen) atoms. The average Bonchev–Trinajstić information content (AvgIpc) is 2.86. The number of carbonyl (C=O) groups is 1. The molecule has 1 aromatic carbocycles. The van der Waals surface area contributed by atoms with E-state index < -0.39 is 0 Å². The molecule has 0 unspecified atom stereocenters. The maximum absolute atomic E-state index is 12.4. The Hall–Kier alpha value is -1.86. The van der Waals surface area contributed by atoms with Gasteiger partial charge in [-0.2, -0.15) is 5.10 Å². The van der Waals surface area contributed by atoms with Gasteiger partial charge in [0.1, 0.15) is 12.4 Å². The van der Waals surface area contributed by atoms with E-state index >= 15 is 0 Å². The van der Waals surface area contributed by atoms with Gasteiger partial charge in [0, 0.05) is 19.2 Å². The van der Waals surface area contributed by atoms with Gasteiger partial charge in [0.2, 0.25) is 0 Å². The van der Waals surface area contributed by atoms with Crippen molar-refractivity contribution in [3.63, 3.8) is 0 Å². The van der Waals surface area contributed by atoms with Gasteiger partial charge in [0.05, 0.1) is 28.0 Å². The van der Waals surface area contributed by atoms with Crippen molar-refractivity contribution < 1.29 is 14.3 Å². The van der Waals surface area contributed by atoms with Crippen molar-refractivity contribution in [1.82, 2.24) is 14.7 Å². The van der Waals surface area contributed by atoms with Gasteiger partial charge in [0.15, 0.2) is 0 Å². The van der Waals surface area contributed by atoms with Crippen LogP contribution in [0.1, 0.15) is 49.9 Å². The maximum Gasteiger partial charge on any atom is 0.338 e. The van der Waals surface area contributed by atoms with Gasteiger partial charge in [-0.15, -0.1) is 0 Å². The molecule has 0 aliphatic carbocycles. The van der Waals surface area contributed by atoms with E-state index in [4.69, 9.17) is 9.47 Å². The first-order valence-corrected chi connectivity index (χ1v) is 11.1. The lowest BCUT2D eigenvalue weighted by molar-refractivity contribution is 0.0378. The number of aromatic nitrogens is 2. The second-order valence-corrected chi connectivity index (χ2v) is 8.59. The Morgan fingerprint density at radius 1 is 1.21 bits per heavy atom. The third-order valence-corrected chi connectivity index (χ3v) is 5.65. The second kappa shape index (κ2) is 10.3. The fourth-order valence-corrected chi connectivity index (χ4v) is 4.17. The van der Waals surface area contributed by atoms with Crippen molar-refractivity contribution in [3.05, 3.63) is 34.4 Å². The van der Waals surface area contributed by atoms with Crippen LogP contribution in [0.2, 0.25) is 0 Å². The van der Waals surface area contributed by atoms with Gasteiger partial charge in [0.25, 0.3) is 0 Å². The Morgan fingerprint density at radius 2 is 1.93 bits per heavy atom. The lowest BCUT2D eigenvalue weighted by Crippen LogP contribution is -2.29. The number of nitrogens with zero attached hydrogens (tertiary/aromatic N) is 3. The number of esters is 1. The average molecular weight is 464 g/mol. The summed E-state index contributed by atoms with van der Waals surface area (Å²) in [7, 11) is 1.88. The number of hydrogen-bond acceptors (Lipinski definition) is 5. The van der Waals surface area contributed by atoms with Gasteiger partial charge in [-0.3, -0.25) is 9.58 Å². The number of carbonyl (C=O) groups excluding carboxylic acids is 1. The van der Waals surface area contributed by atoms with Crippen LogP contribution in [-0.2, 0) is 11.8 Å². The van der Waals surface area contributed by atoms with Crippen LogP contribution in [0, 0.1) is 0 Å². The van der Waals surface area contributed by atoms with Crippen LogP contribution in [0.5, 0.6) is 5.75 Å². The van der Waals surface area contributed by atoms with Crippen LogP contribution in [0.25, 0.3) is 11.3 Å². The first-order chi connectivity index (χ1) is 14.0. The van der Waals surface area contributed by atoms with Crippen LogP contribution in [0.3, 0.4) is 0 Å². The molecule has 1 saturated heterocycles. The summed E-state index contributed by atoms with van der Waals surface area (Å²) < 4.78 is 14.2. The Labute approximate surface area is 181 Å². The predicted molar refractivity (Wildman–Crippen MR) is 117 cm³/mol. The van der Waals surface area contributed by atoms with Gasteiger partial charge >= 0.3 is 5.97 Å². The van der Waals surface area contributed by atoms with Gasteiger partial charge < -0.3 is 9.47 Å². The van der Waals surface area contributed by atoms with E-state index in [2.05, 4.69) is 25.9 Å². The molecular weight excluding hydrogens is 434 g/mol. The lowest BCUT2D eigenvalue weighted by Gasteiger charge is -2.20. The largest absolute Gasteiger partial charge is 0.492 e. The molecule has 0 amide bonds. The van der Waals surface area contributed by atoms with E-state index in [1.165, 1.54) is 25.7 Å². The van der Waals surface area contributed by atoms with E-state index in [-0.39, 0.29) is 12.1 Å². The minimum absolute atomic E-state index is 0.168. The topological polar surface area (TPSA) is 56.6 Å². The first-order valence-electron chi connectivity index (χ1n) is 10.3. The minimum Gasteiger partial charge on any atom is -0.492 e. The maximum atomic E-state index is 12.4. The summed E-state index contributed by atoms with van der Waals surface area (Å²) in [6.45, 7) is 7.49.